The first-order valence-corrected chi connectivity index (χ1v) is 10.7. The largest absolute Gasteiger partial charge is 0.451 e. The normalized spacial score (nSPS) is 13.9. The predicted molar refractivity (Wildman–Crippen MR) is 127 cm³/mol. The molecule has 2 N–H and O–H groups in total. The smallest absolute Gasteiger partial charge is 0.293 e. The highest BCUT2D eigenvalue weighted by atomic mass is 32.1. The molecule has 0 atom stereocenters. The van der Waals surface area contributed by atoms with Gasteiger partial charge in [0.2, 0.25) is 0 Å². The van der Waals surface area contributed by atoms with Gasteiger partial charge in [0, 0.05) is 43.0 Å². The van der Waals surface area contributed by atoms with Gasteiger partial charge in [-0.3, -0.25) is 25.1 Å². The lowest BCUT2D eigenvalue weighted by Gasteiger charge is -2.26. The predicted octanol–water partition coefficient (Wildman–Crippen LogP) is 3.81. The van der Waals surface area contributed by atoms with E-state index in [4.69, 9.17) is 21.4 Å². The average molecular weight is 467 g/mol. The van der Waals surface area contributed by atoms with E-state index in [2.05, 4.69) is 15.5 Å². The minimum atomic E-state index is -0.520. The molecule has 0 spiro atoms. The molecule has 1 aromatic heterocycles. The number of carbonyl (C=O) groups is 1. The maximum absolute atomic E-state index is 12.5. The van der Waals surface area contributed by atoms with Crippen molar-refractivity contribution in [1.82, 2.24) is 10.2 Å². The third-order valence-corrected chi connectivity index (χ3v) is 5.32. The van der Waals surface area contributed by atoms with Gasteiger partial charge < -0.3 is 14.5 Å². The van der Waals surface area contributed by atoms with Crippen molar-refractivity contribution in [3.63, 3.8) is 0 Å². The molecule has 1 saturated heterocycles. The maximum Gasteiger partial charge on any atom is 0.293 e. The number of nitro groups is 1. The van der Waals surface area contributed by atoms with Crippen molar-refractivity contribution in [3.05, 3.63) is 82.1 Å². The van der Waals surface area contributed by atoms with Gasteiger partial charge in [0.25, 0.3) is 11.6 Å². The molecule has 2 aromatic carbocycles. The van der Waals surface area contributed by atoms with Crippen LogP contribution in [0.3, 0.4) is 0 Å². The number of nitrogens with one attached hydrogen (secondary N) is 2. The molecule has 170 valence electrons. The molecule has 0 aliphatic carbocycles. The zero-order valence-corrected chi connectivity index (χ0v) is 18.5. The minimum Gasteiger partial charge on any atom is -0.451 e. The maximum atomic E-state index is 12.5. The molecule has 9 nitrogen and oxygen atoms in total. The van der Waals surface area contributed by atoms with Crippen molar-refractivity contribution < 1.29 is 18.9 Å². The Kier molecular flexibility index (Phi) is 7.08. The quantitative estimate of drug-likeness (QED) is 0.321. The zero-order valence-electron chi connectivity index (χ0n) is 17.7. The summed E-state index contributed by atoms with van der Waals surface area (Å²) in [6.45, 7) is 4.22. The monoisotopic (exact) mass is 466 g/mol. The van der Waals surface area contributed by atoms with Crippen LogP contribution in [0.2, 0.25) is 0 Å². The number of thiocarbonyl (C=S) groups is 1. The molecule has 33 heavy (non-hydrogen) atoms. The van der Waals surface area contributed by atoms with Crippen LogP contribution in [0.25, 0.3) is 11.3 Å². The lowest BCUT2D eigenvalue weighted by Crippen LogP contribution is -2.35. The summed E-state index contributed by atoms with van der Waals surface area (Å²) in [5.41, 5.74) is 2.38. The van der Waals surface area contributed by atoms with E-state index < -0.39 is 10.8 Å². The van der Waals surface area contributed by atoms with Crippen LogP contribution in [0.4, 0.5) is 11.4 Å². The summed E-state index contributed by atoms with van der Waals surface area (Å²) in [7, 11) is 0. The number of hydrogen-bond acceptors (Lipinski definition) is 7. The van der Waals surface area contributed by atoms with Gasteiger partial charge in [-0.2, -0.15) is 0 Å². The fourth-order valence-electron chi connectivity index (χ4n) is 3.43. The van der Waals surface area contributed by atoms with Gasteiger partial charge in [0.15, 0.2) is 10.9 Å². The van der Waals surface area contributed by atoms with Crippen LogP contribution in [-0.4, -0.2) is 47.1 Å². The second kappa shape index (κ2) is 10.3. The Labute approximate surface area is 195 Å². The Hall–Kier alpha value is -3.60. The van der Waals surface area contributed by atoms with E-state index in [1.165, 1.54) is 23.8 Å². The van der Waals surface area contributed by atoms with E-state index in [-0.39, 0.29) is 16.6 Å². The zero-order chi connectivity index (χ0) is 23.2. The Balaban J connectivity index is 1.32. The summed E-state index contributed by atoms with van der Waals surface area (Å²) in [5, 5.41) is 16.7. The van der Waals surface area contributed by atoms with Crippen LogP contribution in [0.1, 0.15) is 16.1 Å². The van der Waals surface area contributed by atoms with Crippen molar-refractivity contribution >= 4 is 34.6 Å². The van der Waals surface area contributed by atoms with E-state index in [9.17, 15) is 14.9 Å². The highest BCUT2D eigenvalue weighted by Crippen LogP contribution is 2.25. The van der Waals surface area contributed by atoms with Crippen molar-refractivity contribution in [2.24, 2.45) is 0 Å². The number of hydrogen-bond donors (Lipinski definition) is 2. The molecule has 1 aliphatic heterocycles. The molecule has 0 saturated carbocycles. The number of morpholine rings is 1. The van der Waals surface area contributed by atoms with Gasteiger partial charge in [0.05, 0.1) is 18.1 Å². The molecule has 1 amide bonds. The van der Waals surface area contributed by atoms with E-state index in [1.807, 2.05) is 24.3 Å². The molecule has 10 heteroatoms. The van der Waals surface area contributed by atoms with Crippen molar-refractivity contribution in [3.8, 4) is 11.3 Å². The average Bonchev–Trinajstić information content (AvgIpc) is 3.32. The van der Waals surface area contributed by atoms with Crippen LogP contribution in [0.15, 0.2) is 65.1 Å². The summed E-state index contributed by atoms with van der Waals surface area (Å²) in [6, 6.07) is 16.9. The first-order chi connectivity index (χ1) is 16.0. The number of ether oxygens (including phenoxy) is 1. The Morgan fingerprint density at radius 3 is 2.58 bits per heavy atom. The molecule has 0 bridgehead atoms. The van der Waals surface area contributed by atoms with Crippen LogP contribution < -0.4 is 10.6 Å². The number of carbonyl (C=O) groups excluding carboxylic acids is 1. The molecular formula is C23H22N4O5S. The lowest BCUT2D eigenvalue weighted by molar-refractivity contribution is -0.384. The Morgan fingerprint density at radius 2 is 1.85 bits per heavy atom. The number of non-ortho nitro benzene ring substituents is 1. The third kappa shape index (κ3) is 6.01. The van der Waals surface area contributed by atoms with Gasteiger partial charge in [-0.1, -0.05) is 24.3 Å². The van der Waals surface area contributed by atoms with E-state index in [0.29, 0.717) is 11.3 Å². The van der Waals surface area contributed by atoms with Gasteiger partial charge in [0.1, 0.15) is 5.76 Å². The van der Waals surface area contributed by atoms with Crippen LogP contribution >= 0.6 is 12.2 Å². The van der Waals surface area contributed by atoms with E-state index >= 15 is 0 Å². The summed E-state index contributed by atoms with van der Waals surface area (Å²) >= 11 is 5.24. The van der Waals surface area contributed by atoms with E-state index in [1.54, 1.807) is 18.2 Å². The Bertz CT molecular complexity index is 1160. The molecule has 0 unspecified atom stereocenters. The minimum absolute atomic E-state index is 0.0431. The van der Waals surface area contributed by atoms with Crippen molar-refractivity contribution in [2.75, 3.05) is 31.6 Å². The van der Waals surface area contributed by atoms with Gasteiger partial charge in [-0.05, 0) is 42.0 Å². The summed E-state index contributed by atoms with van der Waals surface area (Å²) in [5.74, 6) is -0.131. The van der Waals surface area contributed by atoms with Gasteiger partial charge >= 0.3 is 0 Å². The summed E-state index contributed by atoms with van der Waals surface area (Å²) < 4.78 is 10.9. The number of anilines is 1. The lowest BCUT2D eigenvalue weighted by atomic mass is 10.1. The SMILES string of the molecule is O=C(NC(=S)Nc1ccc(CN2CCOCC2)cc1)c1ccc(-c2cccc([N+](=O)[O-])c2)o1. The van der Waals surface area contributed by atoms with Crippen LogP contribution in [0, 0.1) is 10.1 Å². The van der Waals surface area contributed by atoms with Crippen molar-refractivity contribution in [1.29, 1.82) is 0 Å². The number of rotatable bonds is 6. The highest BCUT2D eigenvalue weighted by molar-refractivity contribution is 7.80. The van der Waals surface area contributed by atoms with Gasteiger partial charge in [-0.15, -0.1) is 0 Å². The number of nitro benzene ring substituents is 1. The van der Waals surface area contributed by atoms with Crippen LogP contribution in [-0.2, 0) is 11.3 Å². The second-order valence-electron chi connectivity index (χ2n) is 7.47. The number of nitrogens with zero attached hydrogens (tertiary/aromatic N) is 2. The second-order valence-corrected chi connectivity index (χ2v) is 7.87. The topological polar surface area (TPSA) is 110 Å². The molecule has 0 radical (unpaired) electrons. The first kappa shape index (κ1) is 22.6. The first-order valence-electron chi connectivity index (χ1n) is 10.3. The standard InChI is InChI=1S/C23H22N4O5S/c28-22(21-9-8-20(32-21)17-2-1-3-19(14-17)27(29)30)25-23(33)24-18-6-4-16(5-7-18)15-26-10-12-31-13-11-26/h1-9,14H,10-13,15H2,(H2,24,25,28,33). The molecule has 1 fully saturated rings. The highest BCUT2D eigenvalue weighted by Gasteiger charge is 2.16. The molecule has 2 heterocycles. The fourth-order valence-corrected chi connectivity index (χ4v) is 3.64. The molecule has 3 aromatic rings. The third-order valence-electron chi connectivity index (χ3n) is 5.12. The summed E-state index contributed by atoms with van der Waals surface area (Å²) in [6.07, 6.45) is 0. The van der Waals surface area contributed by atoms with Gasteiger partial charge in [-0.25, -0.2) is 0 Å². The summed E-state index contributed by atoms with van der Waals surface area (Å²) in [4.78, 5) is 25.3. The van der Waals surface area contributed by atoms with Crippen molar-refractivity contribution in [2.45, 2.75) is 6.54 Å². The fraction of sp³-hybridized carbons (Fsp3) is 0.217. The molecular weight excluding hydrogens is 444 g/mol. The van der Waals surface area contributed by atoms with Crippen LogP contribution in [0.5, 0.6) is 0 Å². The van der Waals surface area contributed by atoms with E-state index in [0.717, 1.165) is 38.5 Å². The molecule has 4 rings (SSSR count). The number of amides is 1. The number of benzene rings is 2. The number of furan rings is 1. The Morgan fingerprint density at radius 1 is 1.09 bits per heavy atom. The molecule has 1 aliphatic rings.